The Morgan fingerprint density at radius 3 is 2.65 bits per heavy atom. The largest absolute Gasteiger partial charge is 0.376 e. The van der Waals surface area contributed by atoms with Crippen LogP contribution in [0.2, 0.25) is 0 Å². The van der Waals surface area contributed by atoms with Crippen LogP contribution in [0, 0.1) is 11.3 Å². The fourth-order valence-electron chi connectivity index (χ4n) is 1.92. The lowest BCUT2D eigenvalue weighted by Gasteiger charge is -2.18. The summed E-state index contributed by atoms with van der Waals surface area (Å²) in [5.74, 6) is 1.52. The lowest BCUT2D eigenvalue weighted by molar-refractivity contribution is 0.0459. The number of rotatable bonds is 3. The van der Waals surface area contributed by atoms with Crippen LogP contribution in [0.5, 0.6) is 5.75 Å². The lowest BCUT2D eigenvalue weighted by Crippen LogP contribution is -2.29. The minimum Gasteiger partial charge on any atom is -0.376 e. The summed E-state index contributed by atoms with van der Waals surface area (Å²) >= 11 is 1.30. The van der Waals surface area contributed by atoms with Crippen molar-refractivity contribution in [2.24, 2.45) is 4.40 Å². The number of nitriles is 1. The van der Waals surface area contributed by atoms with Gasteiger partial charge in [0.25, 0.3) is 0 Å². The van der Waals surface area contributed by atoms with Crippen LogP contribution in [0.1, 0.15) is 0 Å². The molecule has 0 atom stereocenters. The van der Waals surface area contributed by atoms with Crippen molar-refractivity contribution in [2.45, 2.75) is 0 Å². The molecule has 0 unspecified atom stereocenters. The minimum absolute atomic E-state index is 0.290. The summed E-state index contributed by atoms with van der Waals surface area (Å²) in [5.41, 5.74) is 2.06. The molecule has 1 aliphatic rings. The van der Waals surface area contributed by atoms with Gasteiger partial charge in [0.15, 0.2) is 5.75 Å². The number of nitrogens with zero attached hydrogens (tertiary/aromatic N) is 3. The van der Waals surface area contributed by atoms with E-state index in [9.17, 15) is 0 Å². The van der Waals surface area contributed by atoms with E-state index in [1.807, 2.05) is 60.7 Å². The Bertz CT molecular complexity index is 679. The molecule has 0 amide bonds. The predicted octanol–water partition coefficient (Wildman–Crippen LogP) is 3.49. The normalized spacial score (nSPS) is 13.8. The van der Waals surface area contributed by atoms with Crippen LogP contribution in [-0.4, -0.2) is 16.8 Å². The van der Waals surface area contributed by atoms with Gasteiger partial charge in [-0.2, -0.15) is 14.7 Å². The molecule has 4 nitrogen and oxygen atoms in total. The maximum atomic E-state index is 8.99. The Morgan fingerprint density at radius 2 is 1.85 bits per heavy atom. The maximum Gasteiger partial charge on any atom is 0.249 e. The van der Waals surface area contributed by atoms with E-state index in [1.165, 1.54) is 17.0 Å². The average molecular weight is 281 g/mol. The first-order valence-electron chi connectivity index (χ1n) is 6.08. The summed E-state index contributed by atoms with van der Waals surface area (Å²) in [6, 6.07) is 19.8. The van der Waals surface area contributed by atoms with Gasteiger partial charge in [0, 0.05) is 17.5 Å². The predicted molar refractivity (Wildman–Crippen MR) is 79.9 cm³/mol. The molecule has 1 heterocycles. The van der Waals surface area contributed by atoms with Gasteiger partial charge in [0.2, 0.25) is 5.84 Å². The highest BCUT2D eigenvalue weighted by Crippen LogP contribution is 2.31. The van der Waals surface area contributed by atoms with E-state index in [-0.39, 0.29) is 5.84 Å². The minimum atomic E-state index is 0.290. The Balaban J connectivity index is 1.92. The Hall–Kier alpha value is -2.45. The quantitative estimate of drug-likeness (QED) is 0.808. The van der Waals surface area contributed by atoms with Crippen LogP contribution >= 0.6 is 11.9 Å². The van der Waals surface area contributed by atoms with E-state index >= 15 is 0 Å². The van der Waals surface area contributed by atoms with Crippen LogP contribution in [0.3, 0.4) is 0 Å². The van der Waals surface area contributed by atoms with Crippen molar-refractivity contribution < 1.29 is 4.84 Å². The number of para-hydroxylation sites is 1. The Morgan fingerprint density at radius 1 is 1.10 bits per heavy atom. The smallest absolute Gasteiger partial charge is 0.249 e. The van der Waals surface area contributed by atoms with Gasteiger partial charge < -0.3 is 4.84 Å². The average Bonchev–Trinajstić information content (AvgIpc) is 2.96. The van der Waals surface area contributed by atoms with Crippen LogP contribution in [0.4, 0.5) is 0 Å². The van der Waals surface area contributed by atoms with Gasteiger partial charge in [0.05, 0.1) is 0 Å². The molecule has 0 saturated heterocycles. The van der Waals surface area contributed by atoms with Gasteiger partial charge in [-0.3, -0.25) is 0 Å². The SMILES string of the molecule is N#CC1=NSCN1Oc1ccccc1-c1ccccc1. The zero-order valence-corrected chi connectivity index (χ0v) is 11.4. The topological polar surface area (TPSA) is 48.6 Å². The molecule has 0 aromatic heterocycles. The lowest BCUT2D eigenvalue weighted by atomic mass is 10.1. The van der Waals surface area contributed by atoms with E-state index in [2.05, 4.69) is 4.40 Å². The molecule has 2 aromatic rings. The monoisotopic (exact) mass is 281 g/mol. The molecule has 0 fully saturated rings. The number of hydrogen-bond acceptors (Lipinski definition) is 5. The zero-order valence-electron chi connectivity index (χ0n) is 10.6. The van der Waals surface area contributed by atoms with Crippen molar-refractivity contribution in [3.8, 4) is 22.9 Å². The van der Waals surface area contributed by atoms with Crippen molar-refractivity contribution in [2.75, 3.05) is 5.88 Å². The summed E-state index contributed by atoms with van der Waals surface area (Å²) < 4.78 is 4.01. The van der Waals surface area contributed by atoms with Gasteiger partial charge in [-0.15, -0.1) is 0 Å². The van der Waals surface area contributed by atoms with E-state index in [4.69, 9.17) is 10.1 Å². The van der Waals surface area contributed by atoms with Crippen LogP contribution in [0.15, 0.2) is 59.0 Å². The van der Waals surface area contributed by atoms with Crippen LogP contribution in [-0.2, 0) is 0 Å². The highest BCUT2D eigenvalue weighted by atomic mass is 32.2. The molecule has 2 aromatic carbocycles. The molecule has 0 saturated carbocycles. The zero-order chi connectivity index (χ0) is 13.8. The van der Waals surface area contributed by atoms with Gasteiger partial charge in [-0.1, -0.05) is 48.5 Å². The first kappa shape index (κ1) is 12.6. The van der Waals surface area contributed by atoms with Crippen molar-refractivity contribution >= 4 is 17.8 Å². The van der Waals surface area contributed by atoms with Gasteiger partial charge >= 0.3 is 0 Å². The summed E-state index contributed by atoms with van der Waals surface area (Å²) in [4.78, 5) is 5.82. The molecular weight excluding hydrogens is 270 g/mol. The third kappa shape index (κ3) is 2.46. The van der Waals surface area contributed by atoms with Gasteiger partial charge in [-0.25, -0.2) is 0 Å². The van der Waals surface area contributed by atoms with Crippen molar-refractivity contribution in [3.63, 3.8) is 0 Å². The second-order valence-electron chi connectivity index (χ2n) is 4.12. The molecule has 1 aliphatic heterocycles. The van der Waals surface area contributed by atoms with Crippen LogP contribution < -0.4 is 4.84 Å². The van der Waals surface area contributed by atoms with E-state index < -0.39 is 0 Å². The molecule has 5 heteroatoms. The third-order valence-electron chi connectivity index (χ3n) is 2.84. The third-order valence-corrected chi connectivity index (χ3v) is 3.49. The fourth-order valence-corrected chi connectivity index (χ4v) is 2.51. The second kappa shape index (κ2) is 5.68. The van der Waals surface area contributed by atoms with Gasteiger partial charge in [-0.05, 0) is 11.6 Å². The molecule has 0 aliphatic carbocycles. The number of hydroxylamine groups is 2. The van der Waals surface area contributed by atoms with E-state index in [0.717, 1.165) is 11.1 Å². The molecule has 3 rings (SSSR count). The van der Waals surface area contributed by atoms with Crippen molar-refractivity contribution in [1.29, 1.82) is 5.26 Å². The first-order valence-corrected chi connectivity index (χ1v) is 7.03. The molecule has 0 spiro atoms. The highest BCUT2D eigenvalue weighted by molar-refractivity contribution is 7.98. The Labute approximate surface area is 121 Å². The molecule has 98 valence electrons. The van der Waals surface area contributed by atoms with Crippen molar-refractivity contribution in [1.82, 2.24) is 5.06 Å². The standard InChI is InChI=1S/C15H11N3OS/c16-10-15-17-20-11-18(15)19-14-9-5-4-8-13(14)12-6-2-1-3-7-12/h1-9H,11H2. The summed E-state index contributed by atoms with van der Waals surface area (Å²) in [7, 11) is 0. The first-order chi connectivity index (χ1) is 9.88. The number of benzene rings is 2. The number of amidine groups is 1. The van der Waals surface area contributed by atoms with Gasteiger partial charge in [0.1, 0.15) is 11.9 Å². The Kier molecular flexibility index (Phi) is 3.57. The molecule has 0 N–H and O–H groups in total. The highest BCUT2D eigenvalue weighted by Gasteiger charge is 2.20. The van der Waals surface area contributed by atoms with E-state index in [0.29, 0.717) is 11.6 Å². The summed E-state index contributed by atoms with van der Waals surface area (Å²) in [6.07, 6.45) is 0. The van der Waals surface area contributed by atoms with Crippen molar-refractivity contribution in [3.05, 3.63) is 54.6 Å². The van der Waals surface area contributed by atoms with Crippen LogP contribution in [0.25, 0.3) is 11.1 Å². The second-order valence-corrected chi connectivity index (χ2v) is 4.82. The van der Waals surface area contributed by atoms with E-state index in [1.54, 1.807) is 0 Å². The summed E-state index contributed by atoms with van der Waals surface area (Å²) in [5, 5.41) is 10.5. The molecule has 20 heavy (non-hydrogen) atoms. The fraction of sp³-hybridized carbons (Fsp3) is 0.0667. The molecule has 0 radical (unpaired) electrons. The molecule has 0 bridgehead atoms. The maximum absolute atomic E-state index is 8.99. The number of hydrogen-bond donors (Lipinski definition) is 0. The summed E-state index contributed by atoms with van der Waals surface area (Å²) in [6.45, 7) is 0. The molecular formula is C15H11N3OS.